The van der Waals surface area contributed by atoms with Gasteiger partial charge in [-0.05, 0) is 43.9 Å². The molecular formula is C24H29N5O2. The van der Waals surface area contributed by atoms with Crippen LogP contribution in [0.2, 0.25) is 0 Å². The van der Waals surface area contributed by atoms with Crippen molar-refractivity contribution in [2.45, 2.75) is 39.7 Å². The quantitative estimate of drug-likeness (QED) is 0.693. The Kier molecular flexibility index (Phi) is 4.84. The maximum absolute atomic E-state index is 13.3. The molecule has 0 bridgehead atoms. The first-order chi connectivity index (χ1) is 14.9. The van der Waals surface area contributed by atoms with Gasteiger partial charge in [-0.3, -0.25) is 14.6 Å². The Morgan fingerprint density at radius 2 is 2.06 bits per heavy atom. The largest absolute Gasteiger partial charge is 0.342 e. The summed E-state index contributed by atoms with van der Waals surface area (Å²) in [7, 11) is 1.92. The second kappa shape index (κ2) is 7.55. The van der Waals surface area contributed by atoms with E-state index in [9.17, 15) is 9.59 Å². The summed E-state index contributed by atoms with van der Waals surface area (Å²) < 4.78 is 1.94. The zero-order valence-corrected chi connectivity index (χ0v) is 18.4. The average molecular weight is 420 g/mol. The van der Waals surface area contributed by atoms with Crippen molar-refractivity contribution in [2.24, 2.45) is 13.0 Å². The van der Waals surface area contributed by atoms with E-state index in [0.717, 1.165) is 36.1 Å². The number of anilines is 1. The molecule has 4 heterocycles. The highest BCUT2D eigenvalue weighted by Crippen LogP contribution is 2.25. The van der Waals surface area contributed by atoms with Crippen molar-refractivity contribution in [3.63, 3.8) is 0 Å². The molecule has 2 aliphatic heterocycles. The third-order valence-electron chi connectivity index (χ3n) is 6.72. The number of carbonyl (C=O) groups excluding carboxylic acids is 1. The van der Waals surface area contributed by atoms with Crippen LogP contribution in [0.4, 0.5) is 5.95 Å². The second-order valence-corrected chi connectivity index (χ2v) is 9.14. The van der Waals surface area contributed by atoms with Gasteiger partial charge in [-0.25, -0.2) is 4.98 Å². The summed E-state index contributed by atoms with van der Waals surface area (Å²) in [6.07, 6.45) is 2.94. The number of hydrogen-bond donors (Lipinski definition) is 1. The van der Waals surface area contributed by atoms with Crippen LogP contribution in [0, 0.1) is 12.8 Å². The van der Waals surface area contributed by atoms with Crippen LogP contribution < -0.4 is 10.5 Å². The van der Waals surface area contributed by atoms with Crippen LogP contribution in [0.25, 0.3) is 10.9 Å². The number of aryl methyl sites for hydroxylation is 2. The lowest BCUT2D eigenvalue weighted by molar-refractivity contribution is 0.0723. The van der Waals surface area contributed by atoms with Crippen molar-refractivity contribution in [3.8, 4) is 0 Å². The van der Waals surface area contributed by atoms with Crippen LogP contribution in [0.3, 0.4) is 0 Å². The zero-order chi connectivity index (χ0) is 21.7. The van der Waals surface area contributed by atoms with E-state index >= 15 is 0 Å². The van der Waals surface area contributed by atoms with Crippen LogP contribution in [-0.4, -0.2) is 45.0 Å². The van der Waals surface area contributed by atoms with E-state index in [1.54, 1.807) is 4.90 Å². The number of hydrogen-bond acceptors (Lipinski definition) is 4. The topological polar surface area (TPSA) is 74.2 Å². The Labute approximate surface area is 181 Å². The van der Waals surface area contributed by atoms with Crippen LogP contribution >= 0.6 is 0 Å². The van der Waals surface area contributed by atoms with Crippen LogP contribution in [0.5, 0.6) is 0 Å². The minimum absolute atomic E-state index is 0.0460. The molecule has 0 saturated carbocycles. The summed E-state index contributed by atoms with van der Waals surface area (Å²) >= 11 is 0. The number of aromatic amines is 1. The lowest BCUT2D eigenvalue weighted by Crippen LogP contribution is -2.42. The first-order valence-corrected chi connectivity index (χ1v) is 11.1. The molecular weight excluding hydrogens is 390 g/mol. The summed E-state index contributed by atoms with van der Waals surface area (Å²) in [6, 6.07) is 8.14. The molecule has 1 fully saturated rings. The molecule has 1 atom stereocenters. The van der Waals surface area contributed by atoms with Crippen LogP contribution in [0.15, 0.2) is 29.1 Å². The maximum atomic E-state index is 13.3. The fourth-order valence-corrected chi connectivity index (χ4v) is 4.95. The summed E-state index contributed by atoms with van der Waals surface area (Å²) in [5.74, 6) is 1.24. The minimum Gasteiger partial charge on any atom is -0.342 e. The fraction of sp³-hybridized carbons (Fsp3) is 0.458. The zero-order valence-electron chi connectivity index (χ0n) is 18.4. The number of H-pyrrole nitrogens is 1. The van der Waals surface area contributed by atoms with Gasteiger partial charge in [-0.1, -0.05) is 18.6 Å². The Morgan fingerprint density at radius 1 is 1.23 bits per heavy atom. The molecule has 1 saturated heterocycles. The SMILES string of the molecule is Cc1ccc2c(c1)cc(C(=O)N1CCc3nc(N4CCC[C@H](C)C4)[nH]c(=O)c3C1)n2C. The molecule has 0 spiro atoms. The lowest BCUT2D eigenvalue weighted by atomic mass is 10.0. The molecule has 0 aliphatic carbocycles. The molecule has 1 amide bonds. The van der Waals surface area contributed by atoms with E-state index in [0.29, 0.717) is 42.6 Å². The van der Waals surface area contributed by atoms with E-state index in [1.165, 1.54) is 12.0 Å². The van der Waals surface area contributed by atoms with Gasteiger partial charge in [0.15, 0.2) is 0 Å². The van der Waals surface area contributed by atoms with E-state index in [-0.39, 0.29) is 11.5 Å². The number of fused-ring (bicyclic) bond motifs is 2. The summed E-state index contributed by atoms with van der Waals surface area (Å²) in [6.45, 7) is 7.00. The fourth-order valence-electron chi connectivity index (χ4n) is 4.95. The molecule has 1 aromatic carbocycles. The van der Waals surface area contributed by atoms with E-state index in [2.05, 4.69) is 28.9 Å². The van der Waals surface area contributed by atoms with Crippen molar-refractivity contribution in [3.05, 3.63) is 57.1 Å². The average Bonchev–Trinajstić information content (AvgIpc) is 3.08. The molecule has 3 aromatic rings. The van der Waals surface area contributed by atoms with Gasteiger partial charge in [0.2, 0.25) is 5.95 Å². The maximum Gasteiger partial charge on any atom is 0.270 e. The second-order valence-electron chi connectivity index (χ2n) is 9.14. The standard InChI is InChI=1S/C24H29N5O2/c1-15-6-7-20-17(11-15)12-21(27(20)3)23(31)28-10-8-19-18(14-28)22(30)26-24(25-19)29-9-4-5-16(2)13-29/h6-7,11-12,16H,4-5,8-10,13-14H2,1-3H3,(H,25,26,30)/t16-/m0/s1. The summed E-state index contributed by atoms with van der Waals surface area (Å²) in [5.41, 5.74) is 4.17. The number of piperidine rings is 1. The van der Waals surface area contributed by atoms with Crippen molar-refractivity contribution >= 4 is 22.8 Å². The molecule has 31 heavy (non-hydrogen) atoms. The first kappa shape index (κ1) is 19.8. The van der Waals surface area contributed by atoms with Gasteiger partial charge >= 0.3 is 0 Å². The lowest BCUT2D eigenvalue weighted by Gasteiger charge is -2.33. The number of aromatic nitrogens is 3. The van der Waals surface area contributed by atoms with E-state index < -0.39 is 0 Å². The molecule has 0 radical (unpaired) electrons. The molecule has 7 heteroatoms. The van der Waals surface area contributed by atoms with Gasteiger partial charge in [-0.15, -0.1) is 0 Å². The predicted octanol–water partition coefficient (Wildman–Crippen LogP) is 3.00. The molecule has 0 unspecified atom stereocenters. The molecule has 7 nitrogen and oxygen atoms in total. The smallest absolute Gasteiger partial charge is 0.270 e. The minimum atomic E-state index is -0.122. The molecule has 162 valence electrons. The number of nitrogens with one attached hydrogen (secondary N) is 1. The Balaban J connectivity index is 1.41. The third-order valence-corrected chi connectivity index (χ3v) is 6.72. The highest BCUT2D eigenvalue weighted by molar-refractivity contribution is 5.99. The van der Waals surface area contributed by atoms with Gasteiger partial charge < -0.3 is 14.4 Å². The Bertz CT molecular complexity index is 1220. The molecule has 5 rings (SSSR count). The van der Waals surface area contributed by atoms with Crippen molar-refractivity contribution in [1.29, 1.82) is 0 Å². The number of nitrogens with zero attached hydrogens (tertiary/aromatic N) is 4. The van der Waals surface area contributed by atoms with Gasteiger partial charge in [0.05, 0.1) is 17.8 Å². The highest BCUT2D eigenvalue weighted by Gasteiger charge is 2.28. The Hall–Kier alpha value is -3.09. The third kappa shape index (κ3) is 3.52. The molecule has 2 aliphatic rings. The van der Waals surface area contributed by atoms with E-state index in [1.807, 2.05) is 30.7 Å². The van der Waals surface area contributed by atoms with Gasteiger partial charge in [-0.2, -0.15) is 0 Å². The summed E-state index contributed by atoms with van der Waals surface area (Å²) in [4.78, 5) is 37.9. The Morgan fingerprint density at radius 3 is 2.87 bits per heavy atom. The number of amides is 1. The van der Waals surface area contributed by atoms with Crippen molar-refractivity contribution < 1.29 is 4.79 Å². The van der Waals surface area contributed by atoms with Crippen LogP contribution in [-0.2, 0) is 20.0 Å². The van der Waals surface area contributed by atoms with Crippen LogP contribution in [0.1, 0.15) is 47.1 Å². The molecule has 2 aromatic heterocycles. The number of rotatable bonds is 2. The van der Waals surface area contributed by atoms with Gasteiger partial charge in [0, 0.05) is 44.0 Å². The number of carbonyl (C=O) groups is 1. The predicted molar refractivity (Wildman–Crippen MR) is 122 cm³/mol. The monoisotopic (exact) mass is 419 g/mol. The number of benzene rings is 1. The van der Waals surface area contributed by atoms with E-state index in [4.69, 9.17) is 4.98 Å². The highest BCUT2D eigenvalue weighted by atomic mass is 16.2. The normalized spacial score (nSPS) is 19.0. The van der Waals surface area contributed by atoms with Crippen molar-refractivity contribution in [1.82, 2.24) is 19.4 Å². The van der Waals surface area contributed by atoms with Gasteiger partial charge in [0.1, 0.15) is 5.69 Å². The van der Waals surface area contributed by atoms with Gasteiger partial charge in [0.25, 0.3) is 11.5 Å². The first-order valence-electron chi connectivity index (χ1n) is 11.1. The molecule has 1 N–H and O–H groups in total. The van der Waals surface area contributed by atoms with Crippen molar-refractivity contribution in [2.75, 3.05) is 24.5 Å². The summed E-state index contributed by atoms with van der Waals surface area (Å²) in [5, 5.41) is 1.06.